The van der Waals surface area contributed by atoms with Crippen molar-refractivity contribution < 1.29 is 4.79 Å². The third kappa shape index (κ3) is 7.30. The first-order valence-electron chi connectivity index (χ1n) is 12.2. The molecule has 1 aliphatic heterocycles. The molecule has 1 heterocycles. The summed E-state index contributed by atoms with van der Waals surface area (Å²) < 4.78 is 0. The van der Waals surface area contributed by atoms with Crippen molar-refractivity contribution in [1.82, 2.24) is 10.5 Å². The van der Waals surface area contributed by atoms with Crippen molar-refractivity contribution in [2.45, 2.75) is 116 Å². The SMILES string of the molecule is CCCCCCCCCCCCc1ccccc1C1(CC(N)=O)N=NNN1C(C)(C)C. The van der Waals surface area contributed by atoms with Gasteiger partial charge in [0.05, 0.1) is 6.42 Å². The Morgan fingerprint density at radius 1 is 1.00 bits per heavy atom. The van der Waals surface area contributed by atoms with Gasteiger partial charge in [-0.2, -0.15) is 5.01 Å². The number of nitrogens with one attached hydrogen (secondary N) is 1. The minimum Gasteiger partial charge on any atom is -0.370 e. The van der Waals surface area contributed by atoms with Gasteiger partial charge in [-0.05, 0) is 39.2 Å². The Hall–Kier alpha value is -1.95. The largest absolute Gasteiger partial charge is 0.370 e. The van der Waals surface area contributed by atoms with Gasteiger partial charge in [0.1, 0.15) is 0 Å². The number of amides is 1. The van der Waals surface area contributed by atoms with Gasteiger partial charge in [-0.3, -0.25) is 4.79 Å². The van der Waals surface area contributed by atoms with Crippen LogP contribution in [0.15, 0.2) is 34.6 Å². The van der Waals surface area contributed by atoms with Crippen molar-refractivity contribution in [3.63, 3.8) is 0 Å². The van der Waals surface area contributed by atoms with Crippen LogP contribution in [0.3, 0.4) is 0 Å². The molecule has 3 N–H and O–H groups in total. The maximum Gasteiger partial charge on any atom is 0.221 e. The molecule has 1 aliphatic rings. The fourth-order valence-corrected chi connectivity index (χ4v) is 4.54. The number of primary amides is 1. The highest BCUT2D eigenvalue weighted by molar-refractivity contribution is 5.75. The minimum atomic E-state index is -0.904. The summed E-state index contributed by atoms with van der Waals surface area (Å²) in [7, 11) is 0. The van der Waals surface area contributed by atoms with E-state index in [4.69, 9.17) is 5.73 Å². The van der Waals surface area contributed by atoms with E-state index >= 15 is 0 Å². The molecule has 1 amide bonds. The molecule has 0 radical (unpaired) electrons. The fraction of sp³-hybridized carbons (Fsp3) is 0.720. The average Bonchev–Trinajstić information content (AvgIpc) is 3.14. The van der Waals surface area contributed by atoms with E-state index in [1.54, 1.807) is 0 Å². The smallest absolute Gasteiger partial charge is 0.221 e. The lowest BCUT2D eigenvalue weighted by Gasteiger charge is -2.42. The van der Waals surface area contributed by atoms with Crippen molar-refractivity contribution in [3.8, 4) is 0 Å². The third-order valence-electron chi connectivity index (χ3n) is 6.07. The van der Waals surface area contributed by atoms with E-state index in [0.29, 0.717) is 0 Å². The lowest BCUT2D eigenvalue weighted by atomic mass is 9.86. The van der Waals surface area contributed by atoms with Gasteiger partial charge < -0.3 is 5.73 Å². The number of hydrazine groups is 1. The Bertz CT molecular complexity index is 712. The van der Waals surface area contributed by atoms with E-state index in [0.717, 1.165) is 18.4 Å². The summed E-state index contributed by atoms with van der Waals surface area (Å²) in [5, 5.41) is 10.6. The van der Waals surface area contributed by atoms with Crippen LogP contribution in [0.25, 0.3) is 0 Å². The zero-order chi connectivity index (χ0) is 22.7. The first-order valence-corrected chi connectivity index (χ1v) is 12.2. The predicted octanol–water partition coefficient (Wildman–Crippen LogP) is 6.16. The number of hydrogen-bond donors (Lipinski definition) is 2. The van der Waals surface area contributed by atoms with Crippen LogP contribution in [0.1, 0.15) is 109 Å². The van der Waals surface area contributed by atoms with Crippen molar-refractivity contribution in [3.05, 3.63) is 35.4 Å². The Morgan fingerprint density at radius 2 is 1.58 bits per heavy atom. The number of carbonyl (C=O) groups is 1. The summed E-state index contributed by atoms with van der Waals surface area (Å²) >= 11 is 0. The molecule has 1 atom stereocenters. The summed E-state index contributed by atoms with van der Waals surface area (Å²) in [4.78, 5) is 12.0. The van der Waals surface area contributed by atoms with E-state index in [1.807, 2.05) is 11.1 Å². The molecule has 0 fully saturated rings. The second-order valence-electron chi connectivity index (χ2n) is 9.86. The Kier molecular flexibility index (Phi) is 9.94. The van der Waals surface area contributed by atoms with Crippen LogP contribution in [0.5, 0.6) is 0 Å². The summed E-state index contributed by atoms with van der Waals surface area (Å²) in [6.45, 7) is 8.51. The summed E-state index contributed by atoms with van der Waals surface area (Å²) in [6, 6.07) is 8.29. The molecule has 6 nitrogen and oxygen atoms in total. The van der Waals surface area contributed by atoms with Crippen LogP contribution < -0.4 is 11.3 Å². The number of rotatable bonds is 14. The lowest BCUT2D eigenvalue weighted by Crippen LogP contribution is -2.57. The number of nitrogens with two attached hydrogens (primary N) is 1. The minimum absolute atomic E-state index is 0.0931. The van der Waals surface area contributed by atoms with E-state index in [2.05, 4.69) is 61.8 Å². The zero-order valence-corrected chi connectivity index (χ0v) is 20.1. The molecular weight excluding hydrogens is 386 g/mol. The Labute approximate surface area is 189 Å². The van der Waals surface area contributed by atoms with Crippen molar-refractivity contribution in [2.75, 3.05) is 0 Å². The fourth-order valence-electron chi connectivity index (χ4n) is 4.54. The van der Waals surface area contributed by atoms with Crippen LogP contribution in [-0.4, -0.2) is 16.5 Å². The Morgan fingerprint density at radius 3 is 2.16 bits per heavy atom. The van der Waals surface area contributed by atoms with Gasteiger partial charge in [-0.25, -0.2) is 5.53 Å². The number of hydrogen-bond acceptors (Lipinski definition) is 5. The molecule has 6 heteroatoms. The quantitative estimate of drug-likeness (QED) is 0.347. The topological polar surface area (TPSA) is 83.1 Å². The molecule has 0 aliphatic carbocycles. The highest BCUT2D eigenvalue weighted by Gasteiger charge is 2.50. The van der Waals surface area contributed by atoms with Gasteiger partial charge in [0, 0.05) is 11.1 Å². The molecule has 0 aromatic heterocycles. The van der Waals surface area contributed by atoms with Crippen LogP contribution in [0, 0.1) is 0 Å². The molecule has 1 aromatic rings. The monoisotopic (exact) mass is 429 g/mol. The first kappa shape index (κ1) is 25.3. The first-order chi connectivity index (χ1) is 14.8. The zero-order valence-electron chi connectivity index (χ0n) is 20.1. The summed E-state index contributed by atoms with van der Waals surface area (Å²) in [6.07, 6.45) is 14.2. The van der Waals surface area contributed by atoms with Crippen molar-refractivity contribution in [1.29, 1.82) is 0 Å². The number of benzene rings is 1. The van der Waals surface area contributed by atoms with Gasteiger partial charge in [0.2, 0.25) is 5.91 Å². The number of aryl methyl sites for hydroxylation is 1. The van der Waals surface area contributed by atoms with E-state index in [1.165, 1.54) is 63.4 Å². The normalized spacial score (nSPS) is 19.0. The van der Waals surface area contributed by atoms with Gasteiger partial charge in [-0.1, -0.05) is 94.2 Å². The Balaban J connectivity index is 1.98. The number of unbranched alkanes of at least 4 members (excludes halogenated alkanes) is 9. The third-order valence-corrected chi connectivity index (χ3v) is 6.07. The molecule has 2 rings (SSSR count). The van der Waals surface area contributed by atoms with Gasteiger partial charge in [0.25, 0.3) is 0 Å². The highest BCUT2D eigenvalue weighted by atomic mass is 16.1. The molecule has 174 valence electrons. The maximum atomic E-state index is 12.0. The van der Waals surface area contributed by atoms with Crippen LogP contribution in [-0.2, 0) is 16.9 Å². The van der Waals surface area contributed by atoms with E-state index < -0.39 is 5.66 Å². The summed E-state index contributed by atoms with van der Waals surface area (Å²) in [5.74, 6) is -0.384. The summed E-state index contributed by atoms with van der Waals surface area (Å²) in [5.41, 5.74) is 9.72. The molecule has 0 saturated heterocycles. The second-order valence-corrected chi connectivity index (χ2v) is 9.86. The van der Waals surface area contributed by atoms with E-state index in [-0.39, 0.29) is 17.9 Å². The molecule has 0 bridgehead atoms. The predicted molar refractivity (Wildman–Crippen MR) is 127 cm³/mol. The van der Waals surface area contributed by atoms with Crippen LogP contribution in [0.2, 0.25) is 0 Å². The van der Waals surface area contributed by atoms with Crippen LogP contribution >= 0.6 is 0 Å². The number of carbonyl (C=O) groups excluding carboxylic acids is 1. The van der Waals surface area contributed by atoms with Crippen molar-refractivity contribution in [2.24, 2.45) is 16.1 Å². The highest BCUT2D eigenvalue weighted by Crippen LogP contribution is 2.42. The van der Waals surface area contributed by atoms with Crippen LogP contribution in [0.4, 0.5) is 0 Å². The number of nitrogens with zero attached hydrogens (tertiary/aromatic N) is 3. The second kappa shape index (κ2) is 12.2. The average molecular weight is 430 g/mol. The molecular formula is C25H43N5O. The maximum absolute atomic E-state index is 12.0. The molecule has 1 unspecified atom stereocenters. The van der Waals surface area contributed by atoms with E-state index in [9.17, 15) is 4.79 Å². The standard InChI is InChI=1S/C25H43N5O/c1-5-6-7-8-9-10-11-12-13-14-17-21-18-15-16-19-22(21)25(20-23(26)31)27-28-29-30(25)24(2,3)4/h15-16,18-19H,5-14,17,20H2,1-4H3,(H2,26,31)(H,27,29). The molecule has 31 heavy (non-hydrogen) atoms. The lowest BCUT2D eigenvalue weighted by molar-refractivity contribution is -0.123. The van der Waals surface area contributed by atoms with Gasteiger partial charge >= 0.3 is 0 Å². The van der Waals surface area contributed by atoms with Gasteiger partial charge in [0.15, 0.2) is 5.66 Å². The molecule has 0 saturated carbocycles. The molecule has 1 aromatic carbocycles. The van der Waals surface area contributed by atoms with Gasteiger partial charge in [-0.15, -0.1) is 5.11 Å². The molecule has 0 spiro atoms. The van der Waals surface area contributed by atoms with Crippen molar-refractivity contribution >= 4 is 5.91 Å².